The van der Waals surface area contributed by atoms with Crippen molar-refractivity contribution in [3.8, 4) is 0 Å². The van der Waals surface area contributed by atoms with Crippen LogP contribution in [0.2, 0.25) is 5.15 Å². The van der Waals surface area contributed by atoms with Crippen LogP contribution in [0, 0.1) is 0 Å². The van der Waals surface area contributed by atoms with Crippen molar-refractivity contribution in [2.75, 3.05) is 6.26 Å². The van der Waals surface area contributed by atoms with Crippen LogP contribution in [0.15, 0.2) is 18.3 Å². The molecule has 1 N–H and O–H groups in total. The molecule has 1 heterocycles. The molecule has 2 rings (SSSR count). The largest absolute Gasteiger partial charge is 0.349 e. The molecule has 1 aromatic heterocycles. The van der Waals surface area contributed by atoms with Gasteiger partial charge < -0.3 is 5.32 Å². The van der Waals surface area contributed by atoms with Crippen molar-refractivity contribution in [3.63, 3.8) is 0 Å². The first-order valence-electron chi connectivity index (χ1n) is 5.65. The number of hydrogen-bond acceptors (Lipinski definition) is 3. The summed E-state index contributed by atoms with van der Waals surface area (Å²) in [5.74, 6) is -0.116. The van der Waals surface area contributed by atoms with Gasteiger partial charge in [0, 0.05) is 17.5 Å². The van der Waals surface area contributed by atoms with Gasteiger partial charge in [-0.2, -0.15) is 11.8 Å². The summed E-state index contributed by atoms with van der Waals surface area (Å²) < 4.78 is 0. The highest BCUT2D eigenvalue weighted by Crippen LogP contribution is 2.28. The van der Waals surface area contributed by atoms with Crippen LogP contribution in [0.3, 0.4) is 0 Å². The third-order valence-electron chi connectivity index (χ3n) is 3.06. The molecule has 1 fully saturated rings. The molecule has 0 spiro atoms. The van der Waals surface area contributed by atoms with Crippen LogP contribution in [-0.2, 0) is 0 Å². The monoisotopic (exact) mass is 270 g/mol. The van der Waals surface area contributed by atoms with Crippen molar-refractivity contribution < 1.29 is 4.79 Å². The summed E-state index contributed by atoms with van der Waals surface area (Å²) in [4.78, 5) is 15.9. The number of carbonyl (C=O) groups is 1. The molecule has 0 saturated heterocycles. The van der Waals surface area contributed by atoms with E-state index in [1.807, 2.05) is 11.8 Å². The number of carbonyl (C=O) groups excluding carboxylic acids is 1. The van der Waals surface area contributed by atoms with Crippen LogP contribution < -0.4 is 5.32 Å². The van der Waals surface area contributed by atoms with Crippen molar-refractivity contribution in [3.05, 3.63) is 29.0 Å². The molecule has 3 nitrogen and oxygen atoms in total. The van der Waals surface area contributed by atoms with E-state index in [1.165, 1.54) is 6.42 Å². The Kier molecular flexibility index (Phi) is 4.29. The average molecular weight is 271 g/mol. The van der Waals surface area contributed by atoms with E-state index in [2.05, 4.69) is 16.6 Å². The topological polar surface area (TPSA) is 42.0 Å². The van der Waals surface area contributed by atoms with E-state index in [4.69, 9.17) is 11.6 Å². The van der Waals surface area contributed by atoms with Crippen LogP contribution in [0.4, 0.5) is 0 Å². The fraction of sp³-hybridized carbons (Fsp3) is 0.500. The minimum Gasteiger partial charge on any atom is -0.349 e. The van der Waals surface area contributed by atoms with Crippen molar-refractivity contribution in [1.82, 2.24) is 10.3 Å². The zero-order chi connectivity index (χ0) is 12.3. The third-order valence-corrected chi connectivity index (χ3v) is 4.45. The Hall–Kier alpha value is -0.740. The van der Waals surface area contributed by atoms with Crippen molar-refractivity contribution >= 4 is 29.3 Å². The summed E-state index contributed by atoms with van der Waals surface area (Å²) in [5, 5.41) is 3.96. The van der Waals surface area contributed by atoms with Crippen LogP contribution in [0.25, 0.3) is 0 Å². The summed E-state index contributed by atoms with van der Waals surface area (Å²) in [6, 6.07) is 3.70. The minimum absolute atomic E-state index is 0.116. The number of pyridine rings is 1. The third kappa shape index (κ3) is 3.13. The van der Waals surface area contributed by atoms with Crippen LogP contribution in [0.1, 0.15) is 29.6 Å². The summed E-state index contributed by atoms with van der Waals surface area (Å²) in [7, 11) is 0. The zero-order valence-electron chi connectivity index (χ0n) is 9.65. The van der Waals surface area contributed by atoms with Crippen LogP contribution in [-0.4, -0.2) is 28.4 Å². The maximum atomic E-state index is 12.0. The summed E-state index contributed by atoms with van der Waals surface area (Å²) in [6.07, 6.45) is 6.97. The normalized spacial score (nSPS) is 23.6. The lowest BCUT2D eigenvalue weighted by Gasteiger charge is -2.13. The van der Waals surface area contributed by atoms with Gasteiger partial charge >= 0.3 is 0 Å². The lowest BCUT2D eigenvalue weighted by atomic mass is 10.2. The number of halogens is 1. The van der Waals surface area contributed by atoms with Gasteiger partial charge in [-0.05, 0) is 37.7 Å². The molecular formula is C12H15ClN2OS. The number of rotatable bonds is 3. The first-order valence-corrected chi connectivity index (χ1v) is 7.31. The second kappa shape index (κ2) is 5.74. The smallest absolute Gasteiger partial charge is 0.254 e. The van der Waals surface area contributed by atoms with E-state index in [9.17, 15) is 4.79 Å². The number of aromatic nitrogens is 1. The van der Waals surface area contributed by atoms with Gasteiger partial charge in [0.15, 0.2) is 0 Å². The Bertz CT molecular complexity index is 413. The van der Waals surface area contributed by atoms with Crippen LogP contribution >= 0.6 is 23.4 Å². The highest BCUT2D eigenvalue weighted by Gasteiger charge is 2.25. The van der Waals surface area contributed by atoms with E-state index in [0.717, 1.165) is 12.8 Å². The average Bonchev–Trinajstić information content (AvgIpc) is 2.77. The maximum Gasteiger partial charge on any atom is 0.254 e. The quantitative estimate of drug-likeness (QED) is 0.859. The highest BCUT2D eigenvalue weighted by atomic mass is 35.5. The maximum absolute atomic E-state index is 12.0. The SMILES string of the molecule is CSC1CCC(NC(=O)c2cccnc2Cl)C1. The zero-order valence-corrected chi connectivity index (χ0v) is 11.2. The molecule has 5 heteroatoms. The molecular weight excluding hydrogens is 256 g/mol. The van der Waals surface area contributed by atoms with Gasteiger partial charge in [0.25, 0.3) is 5.91 Å². The van der Waals surface area contributed by atoms with Crippen molar-refractivity contribution in [1.29, 1.82) is 0 Å². The Morgan fingerprint density at radius 3 is 3.06 bits per heavy atom. The molecule has 1 aliphatic carbocycles. The first kappa shape index (κ1) is 12.7. The molecule has 0 bridgehead atoms. The van der Waals surface area contributed by atoms with Gasteiger partial charge in [-0.3, -0.25) is 4.79 Å². The standard InChI is InChI=1S/C12H15ClN2OS/c1-17-9-5-4-8(7-9)15-12(16)10-3-2-6-14-11(10)13/h2-3,6,8-9H,4-5,7H2,1H3,(H,15,16). The molecule has 1 aliphatic rings. The predicted octanol–water partition coefficient (Wildman–Crippen LogP) is 2.75. The van der Waals surface area contributed by atoms with Gasteiger partial charge in [0.05, 0.1) is 5.56 Å². The summed E-state index contributed by atoms with van der Waals surface area (Å²) in [6.45, 7) is 0. The number of thioether (sulfide) groups is 1. The predicted molar refractivity (Wildman–Crippen MR) is 71.7 cm³/mol. The van der Waals surface area contributed by atoms with Crippen molar-refractivity contribution in [2.45, 2.75) is 30.6 Å². The fourth-order valence-corrected chi connectivity index (χ4v) is 3.11. The number of hydrogen-bond donors (Lipinski definition) is 1. The molecule has 2 atom stereocenters. The lowest BCUT2D eigenvalue weighted by Crippen LogP contribution is -2.33. The number of nitrogens with zero attached hydrogens (tertiary/aromatic N) is 1. The molecule has 0 radical (unpaired) electrons. The highest BCUT2D eigenvalue weighted by molar-refractivity contribution is 7.99. The van der Waals surface area contributed by atoms with Gasteiger partial charge in [-0.15, -0.1) is 0 Å². The molecule has 1 aromatic rings. The van der Waals surface area contributed by atoms with Gasteiger partial charge in [0.1, 0.15) is 5.15 Å². The molecule has 92 valence electrons. The minimum atomic E-state index is -0.116. The van der Waals surface area contributed by atoms with E-state index >= 15 is 0 Å². The van der Waals surface area contributed by atoms with E-state index < -0.39 is 0 Å². The molecule has 0 aromatic carbocycles. The van der Waals surface area contributed by atoms with E-state index in [0.29, 0.717) is 10.8 Å². The van der Waals surface area contributed by atoms with Crippen molar-refractivity contribution in [2.24, 2.45) is 0 Å². The molecule has 17 heavy (non-hydrogen) atoms. The lowest BCUT2D eigenvalue weighted by molar-refractivity contribution is 0.0938. The Labute approximate surface area is 110 Å². The number of amides is 1. The van der Waals surface area contributed by atoms with Gasteiger partial charge in [-0.25, -0.2) is 4.98 Å². The first-order chi connectivity index (χ1) is 8.20. The number of nitrogens with one attached hydrogen (secondary N) is 1. The Morgan fingerprint density at radius 1 is 1.59 bits per heavy atom. The van der Waals surface area contributed by atoms with E-state index in [1.54, 1.807) is 18.3 Å². The second-order valence-electron chi connectivity index (χ2n) is 4.18. The van der Waals surface area contributed by atoms with E-state index in [-0.39, 0.29) is 17.1 Å². The second-order valence-corrected chi connectivity index (χ2v) is 5.68. The summed E-state index contributed by atoms with van der Waals surface area (Å²) >= 11 is 7.76. The summed E-state index contributed by atoms with van der Waals surface area (Å²) in [5.41, 5.74) is 0.460. The molecule has 1 amide bonds. The van der Waals surface area contributed by atoms with Gasteiger partial charge in [0.2, 0.25) is 0 Å². The fourth-order valence-electron chi connectivity index (χ4n) is 2.10. The molecule has 0 aliphatic heterocycles. The Balaban J connectivity index is 1.96. The molecule has 2 unspecified atom stereocenters. The Morgan fingerprint density at radius 2 is 2.41 bits per heavy atom. The van der Waals surface area contributed by atoms with Crippen LogP contribution in [0.5, 0.6) is 0 Å². The van der Waals surface area contributed by atoms with Gasteiger partial charge in [-0.1, -0.05) is 11.6 Å². The molecule has 1 saturated carbocycles.